The summed E-state index contributed by atoms with van der Waals surface area (Å²) in [5.74, 6) is 1.62. The lowest BCUT2D eigenvalue weighted by molar-refractivity contribution is -0.139. The van der Waals surface area contributed by atoms with Crippen LogP contribution in [0, 0.1) is 5.92 Å². The van der Waals surface area contributed by atoms with Crippen LogP contribution in [0.5, 0.6) is 11.5 Å². The highest BCUT2D eigenvalue weighted by Crippen LogP contribution is 2.37. The monoisotopic (exact) mass is 455 g/mol. The van der Waals surface area contributed by atoms with E-state index in [1.165, 1.54) is 17.5 Å². The number of benzene rings is 3. The van der Waals surface area contributed by atoms with Crippen LogP contribution >= 0.6 is 0 Å². The van der Waals surface area contributed by atoms with Crippen LogP contribution < -0.4 is 4.74 Å². The van der Waals surface area contributed by atoms with E-state index in [1.54, 1.807) is 12.1 Å². The molecule has 0 spiro atoms. The third-order valence-corrected chi connectivity index (χ3v) is 7.32. The molecule has 1 N–H and O–H groups in total. The fourth-order valence-electron chi connectivity index (χ4n) is 5.44. The van der Waals surface area contributed by atoms with Gasteiger partial charge in [-0.25, -0.2) is 0 Å². The van der Waals surface area contributed by atoms with Gasteiger partial charge in [0.2, 0.25) is 5.91 Å². The van der Waals surface area contributed by atoms with Gasteiger partial charge in [-0.15, -0.1) is 0 Å². The quantitative estimate of drug-likeness (QED) is 0.480. The van der Waals surface area contributed by atoms with Crippen molar-refractivity contribution in [1.29, 1.82) is 0 Å². The zero-order valence-corrected chi connectivity index (χ0v) is 19.7. The normalized spacial score (nSPS) is 18.4. The number of rotatable bonds is 6. The first-order valence-corrected chi connectivity index (χ1v) is 12.6. The highest BCUT2D eigenvalue weighted by molar-refractivity contribution is 5.80. The Labute approximate surface area is 202 Å². The van der Waals surface area contributed by atoms with Gasteiger partial charge in [0.25, 0.3) is 0 Å². The molecule has 1 aliphatic heterocycles. The molecule has 4 heteroatoms. The number of ether oxygens (including phenoxy) is 1. The van der Waals surface area contributed by atoms with Crippen LogP contribution in [0.2, 0.25) is 0 Å². The number of phenolic OH excluding ortho intramolecular Hbond substituents is 1. The Morgan fingerprint density at radius 1 is 0.912 bits per heavy atom. The molecule has 1 amide bonds. The third-order valence-electron chi connectivity index (χ3n) is 7.32. The van der Waals surface area contributed by atoms with Crippen molar-refractivity contribution in [2.75, 3.05) is 6.54 Å². The first-order chi connectivity index (χ1) is 16.7. The van der Waals surface area contributed by atoms with Crippen molar-refractivity contribution >= 4 is 5.91 Å². The molecule has 5 rings (SSSR count). The number of hydrogen-bond acceptors (Lipinski definition) is 3. The Morgan fingerprint density at radius 3 is 2.44 bits per heavy atom. The minimum absolute atomic E-state index is 0.00546. The number of hydrogen-bond donors (Lipinski definition) is 1. The fraction of sp³-hybridized carbons (Fsp3) is 0.367. The van der Waals surface area contributed by atoms with Gasteiger partial charge in [0.05, 0.1) is 6.04 Å². The van der Waals surface area contributed by atoms with Crippen LogP contribution in [-0.4, -0.2) is 22.5 Å². The van der Waals surface area contributed by atoms with Gasteiger partial charge in [0.15, 0.2) is 0 Å². The first-order valence-electron chi connectivity index (χ1n) is 12.6. The topological polar surface area (TPSA) is 49.8 Å². The van der Waals surface area contributed by atoms with Gasteiger partial charge < -0.3 is 14.7 Å². The maximum atomic E-state index is 13.6. The van der Waals surface area contributed by atoms with Crippen LogP contribution in [-0.2, 0) is 24.2 Å². The molecular formula is C30H33NO3. The SMILES string of the molecule is O=C(C1CCCCC1)N1CCc2cc(OCc3ccccc3)ccc2C1Cc1ccc(O)cc1. The lowest BCUT2D eigenvalue weighted by Gasteiger charge is -2.40. The van der Waals surface area contributed by atoms with E-state index in [-0.39, 0.29) is 17.7 Å². The van der Waals surface area contributed by atoms with Crippen molar-refractivity contribution in [3.8, 4) is 11.5 Å². The van der Waals surface area contributed by atoms with Gasteiger partial charge in [-0.05, 0) is 72.2 Å². The average molecular weight is 456 g/mol. The Bertz CT molecular complexity index is 1100. The average Bonchev–Trinajstić information content (AvgIpc) is 2.89. The van der Waals surface area contributed by atoms with E-state index in [2.05, 4.69) is 29.2 Å². The summed E-state index contributed by atoms with van der Waals surface area (Å²) in [5, 5.41) is 9.72. The largest absolute Gasteiger partial charge is 0.508 e. The molecule has 4 nitrogen and oxygen atoms in total. The molecule has 176 valence electrons. The number of carbonyl (C=O) groups excluding carboxylic acids is 1. The lowest BCUT2D eigenvalue weighted by Crippen LogP contribution is -2.44. The molecule has 1 atom stereocenters. The maximum Gasteiger partial charge on any atom is 0.226 e. The Hall–Kier alpha value is -3.27. The van der Waals surface area contributed by atoms with Crippen molar-refractivity contribution in [2.24, 2.45) is 5.92 Å². The second-order valence-corrected chi connectivity index (χ2v) is 9.64. The fourth-order valence-corrected chi connectivity index (χ4v) is 5.44. The molecule has 3 aromatic carbocycles. The van der Waals surface area contributed by atoms with Crippen molar-refractivity contribution in [1.82, 2.24) is 4.90 Å². The van der Waals surface area contributed by atoms with Crippen LogP contribution in [0.3, 0.4) is 0 Å². The Balaban J connectivity index is 1.39. The van der Waals surface area contributed by atoms with Crippen LogP contribution in [0.4, 0.5) is 0 Å². The number of amides is 1. The lowest BCUT2D eigenvalue weighted by atomic mass is 9.84. The highest BCUT2D eigenvalue weighted by Gasteiger charge is 2.35. The highest BCUT2D eigenvalue weighted by atomic mass is 16.5. The van der Waals surface area contributed by atoms with E-state index < -0.39 is 0 Å². The molecule has 0 saturated heterocycles. The first kappa shape index (κ1) is 22.5. The summed E-state index contributed by atoms with van der Waals surface area (Å²) in [6.07, 6.45) is 7.19. The number of nitrogens with zero attached hydrogens (tertiary/aromatic N) is 1. The zero-order valence-electron chi connectivity index (χ0n) is 19.7. The molecule has 2 aliphatic rings. The van der Waals surface area contributed by atoms with Gasteiger partial charge in [0, 0.05) is 12.5 Å². The van der Waals surface area contributed by atoms with Crippen LogP contribution in [0.15, 0.2) is 72.8 Å². The predicted molar refractivity (Wildman–Crippen MR) is 134 cm³/mol. The molecule has 0 radical (unpaired) electrons. The summed E-state index contributed by atoms with van der Waals surface area (Å²) >= 11 is 0. The Kier molecular flexibility index (Phi) is 6.84. The maximum absolute atomic E-state index is 13.6. The summed E-state index contributed by atoms with van der Waals surface area (Å²) in [6.45, 7) is 1.29. The number of fused-ring (bicyclic) bond motifs is 1. The molecule has 3 aromatic rings. The Morgan fingerprint density at radius 2 is 1.68 bits per heavy atom. The summed E-state index contributed by atoms with van der Waals surface area (Å²) in [5.41, 5.74) is 4.76. The molecule has 34 heavy (non-hydrogen) atoms. The minimum Gasteiger partial charge on any atom is -0.508 e. The number of phenols is 1. The van der Waals surface area contributed by atoms with Gasteiger partial charge in [-0.1, -0.05) is 67.8 Å². The molecule has 1 unspecified atom stereocenters. The molecule has 0 bridgehead atoms. The van der Waals surface area contributed by atoms with Crippen molar-refractivity contribution in [3.05, 3.63) is 95.1 Å². The van der Waals surface area contributed by atoms with Crippen molar-refractivity contribution in [2.45, 2.75) is 57.6 Å². The molecule has 0 aromatic heterocycles. The number of aromatic hydroxyl groups is 1. The number of carbonyl (C=O) groups is 1. The minimum atomic E-state index is 0.00546. The molecule has 1 aliphatic carbocycles. The molecular weight excluding hydrogens is 422 g/mol. The zero-order chi connectivity index (χ0) is 23.3. The second-order valence-electron chi connectivity index (χ2n) is 9.64. The smallest absolute Gasteiger partial charge is 0.226 e. The van der Waals surface area contributed by atoms with Crippen molar-refractivity contribution in [3.63, 3.8) is 0 Å². The van der Waals surface area contributed by atoms with E-state index >= 15 is 0 Å². The van der Waals surface area contributed by atoms with Gasteiger partial charge in [-0.3, -0.25) is 4.79 Å². The summed E-state index contributed by atoms with van der Waals surface area (Å²) in [6, 6.07) is 23.9. The molecule has 1 fully saturated rings. The molecule has 1 saturated carbocycles. The van der Waals surface area contributed by atoms with Crippen LogP contribution in [0.1, 0.15) is 60.4 Å². The van der Waals surface area contributed by atoms with E-state index in [1.807, 2.05) is 36.4 Å². The van der Waals surface area contributed by atoms with Gasteiger partial charge in [-0.2, -0.15) is 0 Å². The summed E-state index contributed by atoms with van der Waals surface area (Å²) < 4.78 is 6.09. The summed E-state index contributed by atoms with van der Waals surface area (Å²) in [4.78, 5) is 15.7. The van der Waals surface area contributed by atoms with E-state index in [0.717, 1.165) is 61.9 Å². The van der Waals surface area contributed by atoms with E-state index in [0.29, 0.717) is 12.5 Å². The standard InChI is InChI=1S/C30H33NO3/c32-26-13-11-22(12-14-26)19-29-28-16-15-27(34-21-23-7-3-1-4-8-23)20-25(28)17-18-31(29)30(33)24-9-5-2-6-10-24/h1,3-4,7-8,11-16,20,24,29,32H,2,5-6,9-10,17-19,21H2. The van der Waals surface area contributed by atoms with E-state index in [4.69, 9.17) is 4.74 Å². The molecule has 1 heterocycles. The van der Waals surface area contributed by atoms with E-state index in [9.17, 15) is 9.90 Å². The van der Waals surface area contributed by atoms with Gasteiger partial charge in [0.1, 0.15) is 18.1 Å². The van der Waals surface area contributed by atoms with Gasteiger partial charge >= 0.3 is 0 Å². The third kappa shape index (κ3) is 5.11. The van der Waals surface area contributed by atoms with Crippen molar-refractivity contribution < 1.29 is 14.6 Å². The second kappa shape index (κ2) is 10.3. The summed E-state index contributed by atoms with van der Waals surface area (Å²) in [7, 11) is 0. The predicted octanol–water partition coefficient (Wildman–Crippen LogP) is 6.22. The van der Waals surface area contributed by atoms with Crippen LogP contribution in [0.25, 0.3) is 0 Å².